The number of hydrogen-bond acceptors (Lipinski definition) is 3. The summed E-state index contributed by atoms with van der Waals surface area (Å²) >= 11 is 0. The maximum absolute atomic E-state index is 4.13. The molecular weight excluding hydrogens is 198 g/mol. The van der Waals surface area contributed by atoms with Gasteiger partial charge >= 0.3 is 0 Å². The van der Waals surface area contributed by atoms with Crippen molar-refractivity contribution < 1.29 is 0 Å². The van der Waals surface area contributed by atoms with Crippen LogP contribution in [0.25, 0.3) is 0 Å². The molecule has 1 N–H and O–H groups in total. The van der Waals surface area contributed by atoms with Crippen LogP contribution >= 0.6 is 0 Å². The molecule has 1 aliphatic rings. The van der Waals surface area contributed by atoms with E-state index in [0.717, 1.165) is 23.2 Å². The van der Waals surface area contributed by atoms with E-state index >= 15 is 0 Å². The summed E-state index contributed by atoms with van der Waals surface area (Å²) in [6, 6.07) is 2.62. The highest BCUT2D eigenvalue weighted by atomic mass is 15.2. The van der Waals surface area contributed by atoms with E-state index in [1.807, 2.05) is 6.92 Å². The normalized spacial score (nSPS) is 30.1. The van der Waals surface area contributed by atoms with Crippen LogP contribution in [-0.2, 0) is 0 Å². The van der Waals surface area contributed by atoms with Gasteiger partial charge in [-0.1, -0.05) is 26.7 Å². The summed E-state index contributed by atoms with van der Waals surface area (Å²) < 4.78 is 0. The lowest BCUT2D eigenvalue weighted by Gasteiger charge is -2.34. The molecule has 3 atom stereocenters. The van der Waals surface area contributed by atoms with Gasteiger partial charge in [-0.3, -0.25) is 0 Å². The van der Waals surface area contributed by atoms with Gasteiger partial charge in [0, 0.05) is 6.04 Å². The minimum Gasteiger partial charge on any atom is -0.366 e. The van der Waals surface area contributed by atoms with Crippen LogP contribution in [0.15, 0.2) is 12.3 Å². The quantitative estimate of drug-likeness (QED) is 0.830. The van der Waals surface area contributed by atoms with Gasteiger partial charge in [0.25, 0.3) is 0 Å². The van der Waals surface area contributed by atoms with E-state index in [2.05, 4.69) is 35.4 Å². The third-order valence-corrected chi connectivity index (χ3v) is 3.83. The molecule has 0 amide bonds. The van der Waals surface area contributed by atoms with E-state index in [1.165, 1.54) is 19.3 Å². The summed E-state index contributed by atoms with van der Waals surface area (Å²) in [7, 11) is 0. The maximum atomic E-state index is 4.13. The number of aromatic nitrogens is 2. The minimum atomic E-state index is 0.555. The molecule has 2 rings (SSSR count). The van der Waals surface area contributed by atoms with Gasteiger partial charge in [0.15, 0.2) is 0 Å². The highest BCUT2D eigenvalue weighted by Crippen LogP contribution is 2.31. The summed E-state index contributed by atoms with van der Waals surface area (Å²) in [5.74, 6) is 2.45. The molecule has 0 bridgehead atoms. The summed E-state index contributed by atoms with van der Waals surface area (Å²) in [6.07, 6.45) is 5.72. The predicted octanol–water partition coefficient (Wildman–Crippen LogP) is 3.02. The largest absolute Gasteiger partial charge is 0.366 e. The van der Waals surface area contributed by atoms with Gasteiger partial charge in [-0.2, -0.15) is 5.10 Å². The van der Waals surface area contributed by atoms with Crippen LogP contribution in [0.1, 0.15) is 38.7 Å². The van der Waals surface area contributed by atoms with E-state index in [9.17, 15) is 0 Å². The van der Waals surface area contributed by atoms with E-state index in [0.29, 0.717) is 6.04 Å². The highest BCUT2D eigenvalue weighted by Gasteiger charge is 2.27. The van der Waals surface area contributed by atoms with Gasteiger partial charge in [0.1, 0.15) is 5.82 Å². The fraction of sp³-hybridized carbons (Fsp3) is 0.692. The minimum absolute atomic E-state index is 0.555. The topological polar surface area (TPSA) is 37.8 Å². The van der Waals surface area contributed by atoms with Gasteiger partial charge in [-0.15, -0.1) is 5.10 Å². The lowest BCUT2D eigenvalue weighted by molar-refractivity contribution is 0.252. The summed E-state index contributed by atoms with van der Waals surface area (Å²) in [4.78, 5) is 0. The molecule has 1 aliphatic carbocycles. The Labute approximate surface area is 97.7 Å². The van der Waals surface area contributed by atoms with Crippen LogP contribution in [0, 0.1) is 18.8 Å². The second-order valence-corrected chi connectivity index (χ2v) is 5.14. The number of anilines is 1. The number of rotatable bonds is 2. The zero-order valence-corrected chi connectivity index (χ0v) is 10.4. The van der Waals surface area contributed by atoms with Crippen molar-refractivity contribution in [1.82, 2.24) is 10.2 Å². The number of nitrogens with one attached hydrogen (secondary N) is 1. The van der Waals surface area contributed by atoms with Crippen LogP contribution in [0.4, 0.5) is 5.82 Å². The standard InChI is InChI=1S/C13H21N3/c1-9-7-13(16-14-8-9)15-12-6-4-5-10(2)11(12)3/h7-8,10-12H,4-6H2,1-3H3,(H,15,16). The fourth-order valence-electron chi connectivity index (χ4n) is 2.51. The zero-order chi connectivity index (χ0) is 11.5. The van der Waals surface area contributed by atoms with Crippen molar-refractivity contribution in [1.29, 1.82) is 0 Å². The summed E-state index contributed by atoms with van der Waals surface area (Å²) in [5.41, 5.74) is 1.16. The molecule has 0 aliphatic heterocycles. The predicted molar refractivity (Wildman–Crippen MR) is 66.4 cm³/mol. The molecule has 0 aromatic carbocycles. The Kier molecular flexibility index (Phi) is 3.42. The third kappa shape index (κ3) is 2.52. The maximum Gasteiger partial charge on any atom is 0.149 e. The van der Waals surface area contributed by atoms with Crippen molar-refractivity contribution in [2.75, 3.05) is 5.32 Å². The van der Waals surface area contributed by atoms with Crippen LogP contribution in [0.5, 0.6) is 0 Å². The number of hydrogen-bond donors (Lipinski definition) is 1. The van der Waals surface area contributed by atoms with Crippen molar-refractivity contribution in [2.45, 2.75) is 46.1 Å². The molecule has 0 saturated heterocycles. The van der Waals surface area contributed by atoms with Crippen LogP contribution < -0.4 is 5.32 Å². The van der Waals surface area contributed by atoms with Crippen molar-refractivity contribution in [3.8, 4) is 0 Å². The van der Waals surface area contributed by atoms with Crippen molar-refractivity contribution in [3.63, 3.8) is 0 Å². The third-order valence-electron chi connectivity index (χ3n) is 3.83. The van der Waals surface area contributed by atoms with E-state index in [4.69, 9.17) is 0 Å². The first-order valence-corrected chi connectivity index (χ1v) is 6.22. The molecule has 3 unspecified atom stereocenters. The summed E-state index contributed by atoms with van der Waals surface area (Å²) in [6.45, 7) is 6.73. The van der Waals surface area contributed by atoms with Crippen LogP contribution in [0.3, 0.4) is 0 Å². The summed E-state index contributed by atoms with van der Waals surface area (Å²) in [5, 5.41) is 11.6. The van der Waals surface area contributed by atoms with Crippen molar-refractivity contribution >= 4 is 5.82 Å². The smallest absolute Gasteiger partial charge is 0.149 e. The van der Waals surface area contributed by atoms with E-state index in [1.54, 1.807) is 6.20 Å². The molecular formula is C13H21N3. The first-order chi connectivity index (χ1) is 7.66. The molecule has 1 aromatic rings. The van der Waals surface area contributed by atoms with Gasteiger partial charge in [-0.25, -0.2) is 0 Å². The van der Waals surface area contributed by atoms with Crippen LogP contribution in [-0.4, -0.2) is 16.2 Å². The monoisotopic (exact) mass is 219 g/mol. The SMILES string of the molecule is Cc1cnnc(NC2CCCC(C)C2C)c1. The molecule has 1 heterocycles. The average Bonchev–Trinajstić information content (AvgIpc) is 2.25. The number of nitrogens with zero attached hydrogens (tertiary/aromatic N) is 2. The molecule has 1 saturated carbocycles. The molecule has 3 nitrogen and oxygen atoms in total. The average molecular weight is 219 g/mol. The Morgan fingerprint density at radius 2 is 2.12 bits per heavy atom. The number of aryl methyl sites for hydroxylation is 1. The Morgan fingerprint density at radius 3 is 2.88 bits per heavy atom. The molecule has 0 spiro atoms. The molecule has 3 heteroatoms. The van der Waals surface area contributed by atoms with Gasteiger partial charge < -0.3 is 5.32 Å². The van der Waals surface area contributed by atoms with Crippen LogP contribution in [0.2, 0.25) is 0 Å². The molecule has 16 heavy (non-hydrogen) atoms. The lowest BCUT2D eigenvalue weighted by atomic mass is 9.78. The van der Waals surface area contributed by atoms with Gasteiger partial charge in [0.05, 0.1) is 6.20 Å². The van der Waals surface area contributed by atoms with Crippen molar-refractivity contribution in [3.05, 3.63) is 17.8 Å². The lowest BCUT2D eigenvalue weighted by Crippen LogP contribution is -2.35. The molecule has 0 radical (unpaired) electrons. The molecule has 1 fully saturated rings. The second kappa shape index (κ2) is 4.81. The Hall–Kier alpha value is -1.12. The van der Waals surface area contributed by atoms with Gasteiger partial charge in [-0.05, 0) is 36.8 Å². The zero-order valence-electron chi connectivity index (χ0n) is 10.4. The fourth-order valence-corrected chi connectivity index (χ4v) is 2.51. The molecule has 88 valence electrons. The van der Waals surface area contributed by atoms with E-state index in [-0.39, 0.29) is 0 Å². The van der Waals surface area contributed by atoms with E-state index < -0.39 is 0 Å². The first-order valence-electron chi connectivity index (χ1n) is 6.22. The Morgan fingerprint density at radius 1 is 1.31 bits per heavy atom. The first kappa shape index (κ1) is 11.4. The molecule has 1 aromatic heterocycles. The van der Waals surface area contributed by atoms with Gasteiger partial charge in [0.2, 0.25) is 0 Å². The van der Waals surface area contributed by atoms with Crippen molar-refractivity contribution in [2.24, 2.45) is 11.8 Å². The Balaban J connectivity index is 2.03. The Bertz CT molecular complexity index is 351. The highest BCUT2D eigenvalue weighted by molar-refractivity contribution is 5.36. The second-order valence-electron chi connectivity index (χ2n) is 5.14.